The van der Waals surface area contributed by atoms with Gasteiger partial charge in [-0.05, 0) is 7.05 Å². The molecule has 0 saturated carbocycles. The first-order chi connectivity index (χ1) is 6.95. The van der Waals surface area contributed by atoms with E-state index < -0.39 is 11.2 Å². The quantitative estimate of drug-likeness (QED) is 0.815. The number of ketones is 1. The van der Waals surface area contributed by atoms with E-state index in [2.05, 4.69) is 10.3 Å². The van der Waals surface area contributed by atoms with E-state index >= 15 is 0 Å². The Labute approximate surface area is 88.3 Å². The highest BCUT2D eigenvalue weighted by Crippen LogP contribution is 2.32. The van der Waals surface area contributed by atoms with Crippen LogP contribution in [0.1, 0.15) is 21.1 Å². The van der Waals surface area contributed by atoms with Gasteiger partial charge in [0.05, 0.1) is 4.88 Å². The minimum Gasteiger partial charge on any atom is -0.319 e. The molecule has 0 spiro atoms. The Balaban J connectivity index is 2.72. The van der Waals surface area contributed by atoms with Gasteiger partial charge in [0.1, 0.15) is 0 Å². The molecule has 1 aromatic heterocycles. The lowest BCUT2D eigenvalue weighted by Gasteiger charge is -1.99. The predicted molar refractivity (Wildman–Crippen MR) is 50.0 cm³/mol. The zero-order valence-electron chi connectivity index (χ0n) is 7.89. The van der Waals surface area contributed by atoms with Gasteiger partial charge in [0, 0.05) is 19.2 Å². The Morgan fingerprint density at radius 3 is 2.73 bits per heavy atom. The summed E-state index contributed by atoms with van der Waals surface area (Å²) in [5.74, 6) is -0.322. The maximum absolute atomic E-state index is 12.1. The number of carbonyl (C=O) groups excluding carboxylic acids is 1. The Kier molecular flexibility index (Phi) is 3.81. The van der Waals surface area contributed by atoms with Crippen molar-refractivity contribution in [3.8, 4) is 0 Å². The first kappa shape index (κ1) is 12.1. The molecule has 0 aliphatic heterocycles. The van der Waals surface area contributed by atoms with Crippen molar-refractivity contribution in [1.82, 2.24) is 10.3 Å². The lowest BCUT2D eigenvalue weighted by atomic mass is 10.2. The monoisotopic (exact) mass is 238 g/mol. The van der Waals surface area contributed by atoms with Crippen LogP contribution in [0.5, 0.6) is 0 Å². The minimum atomic E-state index is -4.47. The van der Waals surface area contributed by atoms with Crippen LogP contribution in [0, 0.1) is 0 Å². The van der Waals surface area contributed by atoms with Gasteiger partial charge in [0.15, 0.2) is 10.8 Å². The molecule has 15 heavy (non-hydrogen) atoms. The summed E-state index contributed by atoms with van der Waals surface area (Å²) < 4.78 is 36.4. The maximum atomic E-state index is 12.1. The number of rotatable bonds is 4. The Morgan fingerprint density at radius 2 is 2.27 bits per heavy atom. The molecule has 7 heteroatoms. The van der Waals surface area contributed by atoms with Crippen molar-refractivity contribution < 1.29 is 18.0 Å². The Bertz CT molecular complexity index is 348. The summed E-state index contributed by atoms with van der Waals surface area (Å²) in [5, 5.41) is 1.77. The van der Waals surface area contributed by atoms with Gasteiger partial charge in [0.25, 0.3) is 0 Å². The first-order valence-electron chi connectivity index (χ1n) is 4.16. The van der Waals surface area contributed by atoms with Crippen molar-refractivity contribution in [1.29, 1.82) is 0 Å². The second-order valence-electron chi connectivity index (χ2n) is 2.80. The number of alkyl halides is 3. The fourth-order valence-corrected chi connectivity index (χ4v) is 1.65. The molecule has 1 N–H and O–H groups in total. The minimum absolute atomic E-state index is 0.0533. The van der Waals surface area contributed by atoms with E-state index in [9.17, 15) is 18.0 Å². The molecule has 0 bridgehead atoms. The van der Waals surface area contributed by atoms with Crippen molar-refractivity contribution in [3.05, 3.63) is 16.1 Å². The van der Waals surface area contributed by atoms with E-state index in [1.165, 1.54) is 0 Å². The number of hydrogen-bond donors (Lipinski definition) is 1. The summed E-state index contributed by atoms with van der Waals surface area (Å²) in [6.07, 6.45) is -3.31. The molecular weight excluding hydrogens is 229 g/mol. The van der Waals surface area contributed by atoms with Gasteiger partial charge in [-0.25, -0.2) is 4.98 Å². The third-order valence-corrected chi connectivity index (χ3v) is 2.71. The van der Waals surface area contributed by atoms with Crippen LogP contribution in [-0.4, -0.2) is 24.4 Å². The number of Topliss-reactive ketones (excluding diaryl/α,β-unsaturated/α-hetero) is 1. The van der Waals surface area contributed by atoms with Crippen LogP contribution in [0.25, 0.3) is 0 Å². The standard InChI is InChI=1S/C8H9F3N2OS/c1-12-3-2-5(14)6-4-13-7(15-6)8(9,10)11/h4,12H,2-3H2,1H3. The largest absolute Gasteiger partial charge is 0.443 e. The number of nitrogens with zero attached hydrogens (tertiary/aromatic N) is 1. The molecule has 1 rings (SSSR count). The third kappa shape index (κ3) is 3.28. The number of nitrogens with one attached hydrogen (secondary N) is 1. The summed E-state index contributed by atoms with van der Waals surface area (Å²) in [6.45, 7) is 0.443. The second-order valence-corrected chi connectivity index (χ2v) is 3.83. The van der Waals surface area contributed by atoms with Crippen molar-refractivity contribution in [3.63, 3.8) is 0 Å². The summed E-state index contributed by atoms with van der Waals surface area (Å²) >= 11 is 0.385. The van der Waals surface area contributed by atoms with Crippen molar-refractivity contribution in [2.75, 3.05) is 13.6 Å². The van der Waals surface area contributed by atoms with Crippen molar-refractivity contribution in [2.45, 2.75) is 12.6 Å². The number of carbonyl (C=O) groups is 1. The normalized spacial score (nSPS) is 11.7. The van der Waals surface area contributed by atoms with Crippen LogP contribution in [0.2, 0.25) is 0 Å². The van der Waals surface area contributed by atoms with E-state index in [-0.39, 0.29) is 17.1 Å². The molecule has 0 unspecified atom stereocenters. The van der Waals surface area contributed by atoms with E-state index in [1.807, 2.05) is 0 Å². The van der Waals surface area contributed by atoms with Crippen LogP contribution >= 0.6 is 11.3 Å². The van der Waals surface area contributed by atoms with Crippen LogP contribution in [0.4, 0.5) is 13.2 Å². The number of thiazole rings is 1. The van der Waals surface area contributed by atoms with Crippen LogP contribution in [0.3, 0.4) is 0 Å². The molecule has 1 aromatic rings. The SMILES string of the molecule is CNCCC(=O)c1cnc(C(F)(F)F)s1. The molecule has 0 aromatic carbocycles. The van der Waals surface area contributed by atoms with E-state index in [1.54, 1.807) is 7.05 Å². The fraction of sp³-hybridized carbons (Fsp3) is 0.500. The van der Waals surface area contributed by atoms with Gasteiger partial charge >= 0.3 is 6.18 Å². The third-order valence-electron chi connectivity index (χ3n) is 1.63. The molecule has 1 heterocycles. The topological polar surface area (TPSA) is 42.0 Å². The van der Waals surface area contributed by atoms with Crippen LogP contribution in [-0.2, 0) is 6.18 Å². The summed E-state index contributed by atoms with van der Waals surface area (Å²) in [6, 6.07) is 0. The highest BCUT2D eigenvalue weighted by molar-refractivity contribution is 7.13. The van der Waals surface area contributed by atoms with Crippen molar-refractivity contribution in [2.24, 2.45) is 0 Å². The lowest BCUT2D eigenvalue weighted by Crippen LogP contribution is -2.12. The lowest BCUT2D eigenvalue weighted by molar-refractivity contribution is -0.137. The van der Waals surface area contributed by atoms with Gasteiger partial charge in [-0.2, -0.15) is 13.2 Å². The fourth-order valence-electron chi connectivity index (χ4n) is 0.896. The van der Waals surface area contributed by atoms with E-state index in [4.69, 9.17) is 0 Å². The maximum Gasteiger partial charge on any atom is 0.443 e. The molecule has 0 saturated heterocycles. The van der Waals surface area contributed by atoms with Crippen molar-refractivity contribution >= 4 is 17.1 Å². The van der Waals surface area contributed by atoms with Crippen LogP contribution in [0.15, 0.2) is 6.20 Å². The van der Waals surface area contributed by atoms with E-state index in [0.717, 1.165) is 6.20 Å². The molecule has 0 radical (unpaired) electrons. The highest BCUT2D eigenvalue weighted by Gasteiger charge is 2.35. The average Bonchev–Trinajstić information content (AvgIpc) is 2.62. The number of hydrogen-bond acceptors (Lipinski definition) is 4. The second kappa shape index (κ2) is 4.71. The molecule has 0 aliphatic carbocycles. The van der Waals surface area contributed by atoms with Gasteiger partial charge in [0.2, 0.25) is 0 Å². The van der Waals surface area contributed by atoms with E-state index in [0.29, 0.717) is 17.9 Å². The average molecular weight is 238 g/mol. The molecule has 0 amide bonds. The van der Waals surface area contributed by atoms with Gasteiger partial charge in [-0.3, -0.25) is 4.79 Å². The first-order valence-corrected chi connectivity index (χ1v) is 4.97. The zero-order chi connectivity index (χ0) is 11.5. The molecule has 0 atom stereocenters. The highest BCUT2D eigenvalue weighted by atomic mass is 32.1. The number of halogens is 3. The van der Waals surface area contributed by atoms with Gasteiger partial charge in [-0.1, -0.05) is 0 Å². The molecule has 3 nitrogen and oxygen atoms in total. The summed E-state index contributed by atoms with van der Waals surface area (Å²) in [5.41, 5.74) is 0. The van der Waals surface area contributed by atoms with Gasteiger partial charge in [-0.15, -0.1) is 11.3 Å². The number of aromatic nitrogens is 1. The zero-order valence-corrected chi connectivity index (χ0v) is 8.71. The summed E-state index contributed by atoms with van der Waals surface area (Å²) in [7, 11) is 1.67. The Hall–Kier alpha value is -0.950. The Morgan fingerprint density at radius 1 is 1.60 bits per heavy atom. The van der Waals surface area contributed by atoms with Crippen LogP contribution < -0.4 is 5.32 Å². The molecular formula is C8H9F3N2OS. The van der Waals surface area contributed by atoms with Gasteiger partial charge < -0.3 is 5.32 Å². The molecule has 84 valence electrons. The predicted octanol–water partition coefficient (Wildman–Crippen LogP) is 1.95. The smallest absolute Gasteiger partial charge is 0.319 e. The molecule has 0 fully saturated rings. The summed E-state index contributed by atoms with van der Waals surface area (Å²) in [4.78, 5) is 14.5. The molecule has 0 aliphatic rings.